The number of hydrazine groups is 1. The van der Waals surface area contributed by atoms with Crippen LogP contribution in [0.5, 0.6) is 0 Å². The van der Waals surface area contributed by atoms with Crippen LogP contribution in [-0.2, 0) is 58.1 Å². The number of carbonyl (C=O) groups excluding carboxylic acids is 4. The minimum absolute atomic E-state index is 0.0158. The Morgan fingerprint density at radius 1 is 1.17 bits per heavy atom. The molecule has 6 heterocycles. The molecule has 0 aliphatic carbocycles. The average molecular weight is 931 g/mol. The van der Waals surface area contributed by atoms with E-state index in [1.54, 1.807) is 13.3 Å². The van der Waals surface area contributed by atoms with Crippen molar-refractivity contribution in [2.24, 2.45) is 17.3 Å². The third kappa shape index (κ3) is 9.92. The Morgan fingerprint density at radius 2 is 1.94 bits per heavy atom. The van der Waals surface area contributed by atoms with Crippen LogP contribution in [0.4, 0.5) is 0 Å². The normalized spacial score (nSPS) is 21.7. The number of nitrogens with zero attached hydrogens (tertiary/aromatic N) is 6. The third-order valence-electron chi connectivity index (χ3n) is 12.9. The predicted octanol–water partition coefficient (Wildman–Crippen LogP) is 5.48. The smallest absolute Gasteiger partial charge is 0.324 e. The molecule has 5 atom stereocenters. The lowest BCUT2D eigenvalue weighted by Gasteiger charge is -2.36. The Bertz CT molecular complexity index is 2570. The van der Waals surface area contributed by atoms with Gasteiger partial charge in [0.25, 0.3) is 5.91 Å². The van der Waals surface area contributed by atoms with Gasteiger partial charge in [-0.25, -0.2) is 18.8 Å². The number of aryl methyl sites for hydroxylation is 1. The molecule has 18 heteroatoms. The second-order valence-corrected chi connectivity index (χ2v) is 21.3. The minimum atomic E-state index is -3.71. The van der Waals surface area contributed by atoms with E-state index in [0.717, 1.165) is 50.1 Å². The van der Waals surface area contributed by atoms with Gasteiger partial charge in [-0.3, -0.25) is 29.2 Å². The number of carbonyl (C=O) groups is 4. The fourth-order valence-corrected chi connectivity index (χ4v) is 11.2. The number of sulfonamides is 1. The quantitative estimate of drug-likeness (QED) is 0.182. The summed E-state index contributed by atoms with van der Waals surface area (Å²) in [6, 6.07) is 7.43. The Hall–Kier alpha value is -5.01. The van der Waals surface area contributed by atoms with Gasteiger partial charge in [-0.15, -0.1) is 11.3 Å². The SMILES string of the molecule is C=CS(=O)(=O)N1CC[C@H](C(=O)N(C)C(C(=O)N[C@H]2Cc3nc(cs3)-c3ccc4c(c3)c(c(-c3cccnc3[C@H](C)OC)n4CC)CC(C)(C)COC(=O)[C@@H]3CCCN(N3)C2=O)C(C)C)C1. The number of amides is 3. The van der Waals surface area contributed by atoms with Crippen molar-refractivity contribution in [1.29, 1.82) is 0 Å². The van der Waals surface area contributed by atoms with Crippen LogP contribution in [0.2, 0.25) is 0 Å². The zero-order valence-electron chi connectivity index (χ0n) is 38.6. The van der Waals surface area contributed by atoms with Crippen molar-refractivity contribution in [3.63, 3.8) is 0 Å². The van der Waals surface area contributed by atoms with Crippen molar-refractivity contribution in [1.82, 2.24) is 39.5 Å². The van der Waals surface area contributed by atoms with Crippen molar-refractivity contribution in [2.45, 2.75) is 104 Å². The molecule has 0 radical (unpaired) electrons. The highest BCUT2D eigenvalue weighted by atomic mass is 32.2. The summed E-state index contributed by atoms with van der Waals surface area (Å²) >= 11 is 1.38. The van der Waals surface area contributed by atoms with E-state index in [0.29, 0.717) is 43.8 Å². The molecule has 4 aromatic rings. The summed E-state index contributed by atoms with van der Waals surface area (Å²) in [7, 11) is -0.498. The van der Waals surface area contributed by atoms with Gasteiger partial charge in [0.1, 0.15) is 18.1 Å². The average Bonchev–Trinajstić information content (AvgIpc) is 4.05. The van der Waals surface area contributed by atoms with Gasteiger partial charge in [0.2, 0.25) is 21.8 Å². The summed E-state index contributed by atoms with van der Waals surface area (Å²) in [6.45, 7) is 16.5. The molecule has 3 aliphatic rings. The summed E-state index contributed by atoms with van der Waals surface area (Å²) in [6.07, 6.45) is 3.39. The number of pyridine rings is 1. The second kappa shape index (κ2) is 19.5. The van der Waals surface area contributed by atoms with Crippen molar-refractivity contribution in [2.75, 3.05) is 40.4 Å². The highest BCUT2D eigenvalue weighted by molar-refractivity contribution is 7.92. The van der Waals surface area contributed by atoms with Gasteiger partial charge < -0.3 is 24.3 Å². The van der Waals surface area contributed by atoms with Gasteiger partial charge in [0, 0.05) is 91.2 Å². The van der Waals surface area contributed by atoms with Crippen LogP contribution in [0.15, 0.2) is 53.9 Å². The Balaban J connectivity index is 1.27. The summed E-state index contributed by atoms with van der Waals surface area (Å²) in [5.74, 6) is -2.85. The van der Waals surface area contributed by atoms with E-state index >= 15 is 0 Å². The van der Waals surface area contributed by atoms with E-state index in [4.69, 9.17) is 19.4 Å². The van der Waals surface area contributed by atoms with E-state index in [-0.39, 0.29) is 44.0 Å². The van der Waals surface area contributed by atoms with Crippen LogP contribution < -0.4 is 10.7 Å². The number of methoxy groups -OCH3 is 1. The van der Waals surface area contributed by atoms with Crippen molar-refractivity contribution >= 4 is 56.0 Å². The fraction of sp³-hybridized carbons (Fsp3) is 0.532. The number of thiazole rings is 1. The number of benzene rings is 1. The molecule has 3 aliphatic heterocycles. The highest BCUT2D eigenvalue weighted by Gasteiger charge is 2.41. The lowest BCUT2D eigenvalue weighted by molar-refractivity contribution is -0.155. The second-order valence-electron chi connectivity index (χ2n) is 18.5. The molecule has 350 valence electrons. The molecule has 16 nitrogen and oxygen atoms in total. The number of ether oxygens (including phenoxy) is 2. The minimum Gasteiger partial charge on any atom is -0.464 e. The molecule has 2 fully saturated rings. The predicted molar refractivity (Wildman–Crippen MR) is 250 cm³/mol. The number of aromatic nitrogens is 3. The van der Waals surface area contributed by atoms with Gasteiger partial charge in [0.05, 0.1) is 40.7 Å². The van der Waals surface area contributed by atoms with E-state index in [1.807, 2.05) is 38.3 Å². The van der Waals surface area contributed by atoms with Crippen molar-refractivity contribution in [3.05, 3.63) is 70.2 Å². The highest BCUT2D eigenvalue weighted by Crippen LogP contribution is 2.42. The molecular formula is C47H62N8O8S2. The third-order valence-corrected chi connectivity index (χ3v) is 15.2. The van der Waals surface area contributed by atoms with Crippen molar-refractivity contribution in [3.8, 4) is 22.5 Å². The monoisotopic (exact) mass is 930 g/mol. The maximum Gasteiger partial charge on any atom is 0.324 e. The fourth-order valence-electron chi connectivity index (χ4n) is 9.44. The molecular weight excluding hydrogens is 869 g/mol. The number of cyclic esters (lactones) is 1. The summed E-state index contributed by atoms with van der Waals surface area (Å²) in [4.78, 5) is 68.0. The van der Waals surface area contributed by atoms with E-state index in [2.05, 4.69) is 60.9 Å². The molecule has 2 saturated heterocycles. The van der Waals surface area contributed by atoms with Gasteiger partial charge in [-0.1, -0.05) is 40.3 Å². The molecule has 6 bridgehead atoms. The first-order chi connectivity index (χ1) is 30.9. The Kier molecular flexibility index (Phi) is 14.3. The van der Waals surface area contributed by atoms with Crippen LogP contribution in [0.25, 0.3) is 33.4 Å². The first kappa shape index (κ1) is 47.9. The van der Waals surface area contributed by atoms with Crippen LogP contribution in [0.3, 0.4) is 0 Å². The molecule has 0 spiro atoms. The van der Waals surface area contributed by atoms with Crippen LogP contribution in [-0.4, -0.2) is 119 Å². The Morgan fingerprint density at radius 3 is 2.65 bits per heavy atom. The zero-order valence-corrected chi connectivity index (χ0v) is 40.3. The maximum atomic E-state index is 14.6. The molecule has 1 aromatic carbocycles. The van der Waals surface area contributed by atoms with Crippen molar-refractivity contribution < 1.29 is 37.1 Å². The molecule has 0 saturated carbocycles. The molecule has 3 amide bonds. The van der Waals surface area contributed by atoms with Crippen LogP contribution >= 0.6 is 11.3 Å². The number of likely N-dealkylation sites (N-methyl/N-ethyl adjacent to an activating group) is 1. The largest absolute Gasteiger partial charge is 0.464 e. The topological polar surface area (TPSA) is 185 Å². The number of nitrogens with one attached hydrogen (secondary N) is 2. The first-order valence-electron chi connectivity index (χ1n) is 22.4. The number of hydrogen-bond acceptors (Lipinski definition) is 12. The van der Waals surface area contributed by atoms with Crippen LogP contribution in [0, 0.1) is 17.3 Å². The number of esters is 1. The van der Waals surface area contributed by atoms with Gasteiger partial charge in [-0.2, -0.15) is 4.31 Å². The summed E-state index contributed by atoms with van der Waals surface area (Å²) in [5, 5.41) is 8.84. The van der Waals surface area contributed by atoms with E-state index < -0.39 is 57.3 Å². The number of fused-ring (bicyclic) bond motifs is 6. The molecule has 65 heavy (non-hydrogen) atoms. The van der Waals surface area contributed by atoms with Crippen LogP contribution in [0.1, 0.15) is 83.2 Å². The van der Waals surface area contributed by atoms with Gasteiger partial charge >= 0.3 is 5.97 Å². The van der Waals surface area contributed by atoms with Gasteiger partial charge in [-0.05, 0) is 75.3 Å². The standard InChI is InChI=1S/C47H62N8O8S2/c1-10-54-38-17-16-30-22-33(38)34(42(54)32-14-12-19-48-40(32)29(5)62-9)24-47(6,7)27-63-46(59)35-15-13-20-55(51-35)45(58)36(23-39-49-37(30)26-64-39)50-43(56)41(28(3)4)52(8)44(57)31-18-21-53(25-31)65(60,61)11-2/h11-12,14,16-17,19,22,26,28-29,31,35-36,41,51H,2,10,13,15,18,20-21,23-25,27H2,1,3-9H3,(H,50,56)/t29-,31-,35-,36-,41?/m0/s1. The summed E-state index contributed by atoms with van der Waals surface area (Å²) in [5.41, 5.74) is 9.12. The molecule has 2 N–H and O–H groups in total. The van der Waals surface area contributed by atoms with E-state index in [9.17, 15) is 27.6 Å². The maximum absolute atomic E-state index is 14.6. The number of rotatable bonds is 11. The molecule has 1 unspecified atom stereocenters. The number of hydrogen-bond donors (Lipinski definition) is 2. The zero-order chi connectivity index (χ0) is 47.0. The van der Waals surface area contributed by atoms with E-state index in [1.165, 1.54) is 32.6 Å². The summed E-state index contributed by atoms with van der Waals surface area (Å²) < 4.78 is 40.4. The Labute approximate surface area is 385 Å². The molecule has 3 aromatic heterocycles. The lowest BCUT2D eigenvalue weighted by Crippen LogP contribution is -2.62. The molecule has 7 rings (SSSR count). The van der Waals surface area contributed by atoms with Gasteiger partial charge in [0.15, 0.2) is 0 Å². The first-order valence-corrected chi connectivity index (χ1v) is 24.8. The lowest BCUT2D eigenvalue weighted by atomic mass is 9.84.